The van der Waals surface area contributed by atoms with Crippen molar-refractivity contribution >= 4 is 11.9 Å². The Morgan fingerprint density at radius 2 is 2.07 bits per heavy atom. The van der Waals surface area contributed by atoms with Crippen LogP contribution in [0.2, 0.25) is 0 Å². The van der Waals surface area contributed by atoms with Gasteiger partial charge in [-0.25, -0.2) is 4.99 Å². The first-order valence-corrected chi connectivity index (χ1v) is 10.4. The van der Waals surface area contributed by atoms with E-state index in [0.717, 1.165) is 82.2 Å². The van der Waals surface area contributed by atoms with Crippen molar-refractivity contribution in [3.8, 4) is 0 Å². The summed E-state index contributed by atoms with van der Waals surface area (Å²) in [6.07, 6.45) is 7.54. The van der Waals surface area contributed by atoms with Crippen LogP contribution in [0.25, 0.3) is 0 Å². The van der Waals surface area contributed by atoms with Gasteiger partial charge in [0.1, 0.15) is 12.2 Å². The van der Waals surface area contributed by atoms with Crippen molar-refractivity contribution in [3.05, 3.63) is 24.3 Å². The molecule has 1 saturated heterocycles. The van der Waals surface area contributed by atoms with Gasteiger partial charge >= 0.3 is 0 Å². The minimum absolute atomic E-state index is 0.299. The van der Waals surface area contributed by atoms with Crippen LogP contribution in [0.15, 0.2) is 23.5 Å². The number of carbonyl (C=O) groups is 1. The van der Waals surface area contributed by atoms with Gasteiger partial charge in [0, 0.05) is 45.6 Å². The van der Waals surface area contributed by atoms with Gasteiger partial charge in [-0.1, -0.05) is 25.5 Å². The summed E-state index contributed by atoms with van der Waals surface area (Å²) in [5.74, 6) is 2.06. The van der Waals surface area contributed by atoms with Crippen molar-refractivity contribution in [3.63, 3.8) is 0 Å². The van der Waals surface area contributed by atoms with E-state index in [-0.39, 0.29) is 0 Å². The number of nitrogens with zero attached hydrogens (tertiary/aromatic N) is 5. The van der Waals surface area contributed by atoms with Crippen LogP contribution in [-0.2, 0) is 17.8 Å². The monoisotopic (exact) mass is 389 g/mol. The largest absolute Gasteiger partial charge is 0.356 e. The van der Waals surface area contributed by atoms with Gasteiger partial charge < -0.3 is 20.1 Å². The molecule has 0 saturated carbocycles. The molecule has 156 valence electrons. The molecule has 1 fully saturated rings. The lowest BCUT2D eigenvalue weighted by molar-refractivity contribution is -0.130. The first kappa shape index (κ1) is 21.9. The highest BCUT2D eigenvalue weighted by atomic mass is 16.2. The molecule has 0 unspecified atom stereocenters. The zero-order valence-electron chi connectivity index (χ0n) is 17.4. The van der Waals surface area contributed by atoms with Gasteiger partial charge in [0.15, 0.2) is 5.96 Å². The number of aryl methyl sites for hydroxylation is 1. The van der Waals surface area contributed by atoms with Gasteiger partial charge in [-0.15, -0.1) is 10.2 Å². The summed E-state index contributed by atoms with van der Waals surface area (Å²) in [6, 6.07) is 0. The van der Waals surface area contributed by atoms with Crippen LogP contribution >= 0.6 is 0 Å². The first-order valence-electron chi connectivity index (χ1n) is 10.4. The Kier molecular flexibility index (Phi) is 9.51. The average Bonchev–Trinajstić information content (AvgIpc) is 3.03. The van der Waals surface area contributed by atoms with E-state index in [2.05, 4.69) is 39.3 Å². The quantitative estimate of drug-likeness (QED) is 0.275. The van der Waals surface area contributed by atoms with E-state index in [1.54, 1.807) is 6.33 Å². The van der Waals surface area contributed by atoms with Gasteiger partial charge in [0.05, 0.1) is 6.54 Å². The third-order valence-corrected chi connectivity index (χ3v) is 4.73. The molecule has 2 N–H and O–H groups in total. The molecule has 1 amide bonds. The Hall–Kier alpha value is -2.38. The number of hydrogen-bond acceptors (Lipinski definition) is 4. The van der Waals surface area contributed by atoms with Crippen LogP contribution in [0, 0.1) is 0 Å². The molecule has 8 nitrogen and oxygen atoms in total. The zero-order chi connectivity index (χ0) is 20.2. The van der Waals surface area contributed by atoms with Crippen LogP contribution in [0.5, 0.6) is 0 Å². The third kappa shape index (κ3) is 7.70. The fraction of sp³-hybridized carbons (Fsp3) is 0.700. The molecule has 0 bridgehead atoms. The topological polar surface area (TPSA) is 87.4 Å². The molecule has 8 heteroatoms. The molecule has 2 rings (SSSR count). The molecule has 0 aromatic carbocycles. The number of carbonyl (C=O) groups excluding carboxylic acids is 1. The number of amides is 1. The summed E-state index contributed by atoms with van der Waals surface area (Å²) in [5.41, 5.74) is 1.02. The Morgan fingerprint density at radius 1 is 1.25 bits per heavy atom. The molecule has 1 aromatic heterocycles. The first-order chi connectivity index (χ1) is 13.6. The Bertz CT molecular complexity index is 653. The zero-order valence-corrected chi connectivity index (χ0v) is 17.4. The molecule has 2 heterocycles. The fourth-order valence-corrected chi connectivity index (χ4v) is 3.17. The second-order valence-corrected chi connectivity index (χ2v) is 7.31. The number of aliphatic imine (C=N–C) groups is 1. The van der Waals surface area contributed by atoms with Crippen molar-refractivity contribution < 1.29 is 4.79 Å². The molecule has 1 aliphatic heterocycles. The summed E-state index contributed by atoms with van der Waals surface area (Å²) in [7, 11) is 0. The van der Waals surface area contributed by atoms with Gasteiger partial charge in [-0.2, -0.15) is 0 Å². The van der Waals surface area contributed by atoms with Crippen molar-refractivity contribution in [2.24, 2.45) is 4.99 Å². The van der Waals surface area contributed by atoms with Crippen LogP contribution < -0.4 is 10.6 Å². The van der Waals surface area contributed by atoms with E-state index in [4.69, 9.17) is 0 Å². The molecular weight excluding hydrogens is 354 g/mol. The lowest BCUT2D eigenvalue weighted by atomic mass is 10.2. The highest BCUT2D eigenvalue weighted by Gasteiger charge is 2.15. The van der Waals surface area contributed by atoms with Crippen LogP contribution in [-0.4, -0.2) is 64.3 Å². The minimum atomic E-state index is 0.299. The second-order valence-electron chi connectivity index (χ2n) is 7.31. The molecule has 0 radical (unpaired) electrons. The number of nitrogens with one attached hydrogen (secondary N) is 2. The van der Waals surface area contributed by atoms with E-state index in [0.29, 0.717) is 18.9 Å². The van der Waals surface area contributed by atoms with Crippen LogP contribution in [0.4, 0.5) is 0 Å². The molecule has 0 atom stereocenters. The van der Waals surface area contributed by atoms with Gasteiger partial charge in [-0.05, 0) is 26.2 Å². The predicted octanol–water partition coefficient (Wildman–Crippen LogP) is 1.74. The minimum Gasteiger partial charge on any atom is -0.356 e. The van der Waals surface area contributed by atoms with Gasteiger partial charge in [-0.3, -0.25) is 4.79 Å². The highest BCUT2D eigenvalue weighted by Crippen LogP contribution is 2.11. The number of rotatable bonds is 10. The van der Waals surface area contributed by atoms with Crippen LogP contribution in [0.3, 0.4) is 0 Å². The van der Waals surface area contributed by atoms with E-state index >= 15 is 0 Å². The summed E-state index contributed by atoms with van der Waals surface area (Å²) in [4.78, 5) is 18.7. The Morgan fingerprint density at radius 3 is 2.86 bits per heavy atom. The van der Waals surface area contributed by atoms with Crippen molar-refractivity contribution in [1.82, 2.24) is 30.3 Å². The molecule has 0 spiro atoms. The fourth-order valence-electron chi connectivity index (χ4n) is 3.17. The number of hydrogen-bond donors (Lipinski definition) is 2. The summed E-state index contributed by atoms with van der Waals surface area (Å²) >= 11 is 0. The van der Waals surface area contributed by atoms with Gasteiger partial charge in [0.25, 0.3) is 0 Å². The summed E-state index contributed by atoms with van der Waals surface area (Å²) in [6.45, 7) is 12.5. The van der Waals surface area contributed by atoms with Crippen molar-refractivity contribution in [2.75, 3.05) is 32.7 Å². The van der Waals surface area contributed by atoms with E-state index in [9.17, 15) is 4.79 Å². The Labute approximate surface area is 168 Å². The van der Waals surface area contributed by atoms with E-state index < -0.39 is 0 Å². The summed E-state index contributed by atoms with van der Waals surface area (Å²) in [5, 5.41) is 14.8. The smallest absolute Gasteiger partial charge is 0.222 e. The molecule has 1 aromatic rings. The van der Waals surface area contributed by atoms with E-state index in [1.807, 2.05) is 16.4 Å². The molecule has 0 aliphatic carbocycles. The third-order valence-electron chi connectivity index (χ3n) is 4.73. The van der Waals surface area contributed by atoms with Crippen LogP contribution in [0.1, 0.15) is 51.8 Å². The predicted molar refractivity (Wildman–Crippen MR) is 112 cm³/mol. The standard InChI is InChI=1S/C20H35N7O/c1-4-18-25-24-16-27(18)14-11-22-20(23-15-17(2)3)21-10-8-13-26-12-7-5-6-9-19(26)28/h16H,2,4-15H2,1,3H3,(H2,21,22,23). The number of guanidine groups is 1. The van der Waals surface area contributed by atoms with E-state index in [1.165, 1.54) is 0 Å². The molecular formula is C20H35N7O. The van der Waals surface area contributed by atoms with Crippen molar-refractivity contribution in [1.29, 1.82) is 0 Å². The highest BCUT2D eigenvalue weighted by molar-refractivity contribution is 5.80. The van der Waals surface area contributed by atoms with Crippen molar-refractivity contribution in [2.45, 2.75) is 58.9 Å². The summed E-state index contributed by atoms with van der Waals surface area (Å²) < 4.78 is 2.05. The lowest BCUT2D eigenvalue weighted by Crippen LogP contribution is -2.41. The normalized spacial score (nSPS) is 15.4. The maximum atomic E-state index is 12.1. The number of aromatic nitrogens is 3. The second kappa shape index (κ2) is 12.2. The number of likely N-dealkylation sites (tertiary alicyclic amines) is 1. The maximum absolute atomic E-state index is 12.1. The molecule has 1 aliphatic rings. The Balaban J connectivity index is 1.76. The van der Waals surface area contributed by atoms with Gasteiger partial charge in [0.2, 0.25) is 5.91 Å². The average molecular weight is 390 g/mol. The SMILES string of the molecule is C=C(C)CN=C(NCCCN1CCCCCC1=O)NCCn1cnnc1CC. The lowest BCUT2D eigenvalue weighted by Gasteiger charge is -2.21. The molecule has 28 heavy (non-hydrogen) atoms. The maximum Gasteiger partial charge on any atom is 0.222 e.